The van der Waals surface area contributed by atoms with E-state index in [2.05, 4.69) is 20.9 Å². The SMILES string of the molecule is CC(=O)c1cc(CN2CCCC(CNC(=O)NC(C)C)C2)cs1. The standard InChI is InChI=1S/C17H27N3O2S/c1-12(2)19-17(22)18-8-14-5-4-6-20(9-14)10-15-7-16(13(3)21)23-11-15/h7,11-12,14H,4-6,8-10H2,1-3H3,(H2,18,19,22). The maximum absolute atomic E-state index is 11.7. The molecule has 0 bridgehead atoms. The van der Waals surface area contributed by atoms with Gasteiger partial charge in [0.25, 0.3) is 0 Å². The largest absolute Gasteiger partial charge is 0.338 e. The Morgan fingerprint density at radius 1 is 1.43 bits per heavy atom. The van der Waals surface area contributed by atoms with Gasteiger partial charge in [-0.1, -0.05) is 0 Å². The smallest absolute Gasteiger partial charge is 0.314 e. The van der Waals surface area contributed by atoms with Gasteiger partial charge in [-0.05, 0) is 63.1 Å². The lowest BCUT2D eigenvalue weighted by Crippen LogP contribution is -2.45. The summed E-state index contributed by atoms with van der Waals surface area (Å²) in [6.45, 7) is 9.21. The quantitative estimate of drug-likeness (QED) is 0.785. The van der Waals surface area contributed by atoms with Gasteiger partial charge in [0.15, 0.2) is 5.78 Å². The molecule has 1 aromatic heterocycles. The molecule has 1 atom stereocenters. The van der Waals surface area contributed by atoms with Crippen molar-refractivity contribution in [2.24, 2.45) is 5.92 Å². The third-order valence-corrected chi connectivity index (χ3v) is 5.06. The molecule has 1 aliphatic heterocycles. The van der Waals surface area contributed by atoms with Crippen LogP contribution in [-0.4, -0.2) is 42.4 Å². The summed E-state index contributed by atoms with van der Waals surface area (Å²) in [6, 6.07) is 2.08. The Hall–Kier alpha value is -1.40. The molecule has 2 heterocycles. The van der Waals surface area contributed by atoms with Gasteiger partial charge in [-0.2, -0.15) is 0 Å². The number of ketones is 1. The zero-order chi connectivity index (χ0) is 16.8. The van der Waals surface area contributed by atoms with E-state index in [1.165, 1.54) is 16.9 Å². The molecule has 2 rings (SSSR count). The Kier molecular flexibility index (Phi) is 6.59. The van der Waals surface area contributed by atoms with E-state index in [0.29, 0.717) is 5.92 Å². The first-order chi connectivity index (χ1) is 10.9. The topological polar surface area (TPSA) is 61.4 Å². The molecule has 1 fully saturated rings. The summed E-state index contributed by atoms with van der Waals surface area (Å²) < 4.78 is 0. The first-order valence-electron chi connectivity index (χ1n) is 8.29. The highest BCUT2D eigenvalue weighted by atomic mass is 32.1. The Labute approximate surface area is 142 Å². The number of Topliss-reactive ketones (excluding diaryl/α,β-unsaturated/α-hetero) is 1. The summed E-state index contributed by atoms with van der Waals surface area (Å²) in [5, 5.41) is 7.90. The van der Waals surface area contributed by atoms with Crippen LogP contribution in [0.2, 0.25) is 0 Å². The average Bonchev–Trinajstić information content (AvgIpc) is 2.94. The van der Waals surface area contributed by atoms with E-state index >= 15 is 0 Å². The second kappa shape index (κ2) is 8.45. The minimum atomic E-state index is -0.0824. The fourth-order valence-electron chi connectivity index (χ4n) is 2.91. The molecule has 128 valence electrons. The monoisotopic (exact) mass is 337 g/mol. The number of piperidine rings is 1. The van der Waals surface area contributed by atoms with Crippen LogP contribution in [0.1, 0.15) is 48.8 Å². The molecular formula is C17H27N3O2S. The van der Waals surface area contributed by atoms with Crippen LogP contribution in [0, 0.1) is 5.92 Å². The molecule has 23 heavy (non-hydrogen) atoms. The van der Waals surface area contributed by atoms with Crippen LogP contribution in [0.25, 0.3) is 0 Å². The Morgan fingerprint density at radius 3 is 2.87 bits per heavy atom. The van der Waals surface area contributed by atoms with Crippen LogP contribution in [0.3, 0.4) is 0 Å². The maximum atomic E-state index is 11.7. The van der Waals surface area contributed by atoms with Gasteiger partial charge in [-0.15, -0.1) is 11.3 Å². The Morgan fingerprint density at radius 2 is 2.22 bits per heavy atom. The van der Waals surface area contributed by atoms with Gasteiger partial charge in [0.1, 0.15) is 0 Å². The predicted octanol–water partition coefficient (Wildman–Crippen LogP) is 2.87. The molecule has 0 aromatic carbocycles. The van der Waals surface area contributed by atoms with Crippen molar-refractivity contribution in [3.05, 3.63) is 21.9 Å². The van der Waals surface area contributed by atoms with Crippen molar-refractivity contribution in [1.82, 2.24) is 15.5 Å². The number of amides is 2. The molecule has 1 unspecified atom stereocenters. The molecule has 2 N–H and O–H groups in total. The normalized spacial score (nSPS) is 18.9. The van der Waals surface area contributed by atoms with Crippen LogP contribution in [0.15, 0.2) is 11.4 Å². The van der Waals surface area contributed by atoms with Crippen molar-refractivity contribution in [3.63, 3.8) is 0 Å². The van der Waals surface area contributed by atoms with Crippen LogP contribution in [0.4, 0.5) is 4.79 Å². The molecule has 1 aromatic rings. The van der Waals surface area contributed by atoms with E-state index in [0.717, 1.165) is 43.9 Å². The van der Waals surface area contributed by atoms with E-state index in [9.17, 15) is 9.59 Å². The van der Waals surface area contributed by atoms with Gasteiger partial charge >= 0.3 is 6.03 Å². The summed E-state index contributed by atoms with van der Waals surface area (Å²) in [5.74, 6) is 0.630. The number of urea groups is 1. The minimum absolute atomic E-state index is 0.0824. The van der Waals surface area contributed by atoms with Crippen molar-refractivity contribution >= 4 is 23.2 Å². The van der Waals surface area contributed by atoms with E-state index < -0.39 is 0 Å². The van der Waals surface area contributed by atoms with Crippen LogP contribution < -0.4 is 10.6 Å². The Bertz CT molecular complexity index is 542. The van der Waals surface area contributed by atoms with Gasteiger partial charge < -0.3 is 10.6 Å². The summed E-state index contributed by atoms with van der Waals surface area (Å²) in [6.07, 6.45) is 2.31. The second-order valence-electron chi connectivity index (χ2n) is 6.63. The number of carbonyl (C=O) groups excluding carboxylic acids is 2. The average molecular weight is 337 g/mol. The summed E-state index contributed by atoms with van der Waals surface area (Å²) in [5.41, 5.74) is 1.21. The molecule has 1 aliphatic rings. The third kappa shape index (κ3) is 5.95. The molecule has 1 saturated heterocycles. The molecule has 0 aliphatic carbocycles. The summed E-state index contributed by atoms with van der Waals surface area (Å²) in [7, 11) is 0. The Balaban J connectivity index is 1.78. The highest BCUT2D eigenvalue weighted by Crippen LogP contribution is 2.21. The number of nitrogens with one attached hydrogen (secondary N) is 2. The third-order valence-electron chi connectivity index (χ3n) is 3.98. The predicted molar refractivity (Wildman–Crippen MR) is 94.0 cm³/mol. The van der Waals surface area contributed by atoms with E-state index in [-0.39, 0.29) is 17.9 Å². The highest BCUT2D eigenvalue weighted by molar-refractivity contribution is 7.12. The van der Waals surface area contributed by atoms with Crippen molar-refractivity contribution in [1.29, 1.82) is 0 Å². The number of rotatable bonds is 6. The van der Waals surface area contributed by atoms with Gasteiger partial charge in [-0.3, -0.25) is 9.69 Å². The van der Waals surface area contributed by atoms with Gasteiger partial charge in [-0.25, -0.2) is 4.79 Å². The van der Waals surface area contributed by atoms with Crippen LogP contribution in [0.5, 0.6) is 0 Å². The van der Waals surface area contributed by atoms with Crippen molar-refractivity contribution in [3.8, 4) is 0 Å². The summed E-state index contributed by atoms with van der Waals surface area (Å²) in [4.78, 5) is 26.3. The minimum Gasteiger partial charge on any atom is -0.338 e. The maximum Gasteiger partial charge on any atom is 0.314 e. The van der Waals surface area contributed by atoms with Crippen molar-refractivity contribution in [2.45, 2.75) is 46.2 Å². The fourth-order valence-corrected chi connectivity index (χ4v) is 3.72. The lowest BCUT2D eigenvalue weighted by atomic mass is 9.97. The first-order valence-corrected chi connectivity index (χ1v) is 9.17. The van der Waals surface area contributed by atoms with Gasteiger partial charge in [0.05, 0.1) is 4.88 Å². The van der Waals surface area contributed by atoms with E-state index in [4.69, 9.17) is 0 Å². The molecule has 0 radical (unpaired) electrons. The zero-order valence-corrected chi connectivity index (χ0v) is 15.0. The van der Waals surface area contributed by atoms with E-state index in [1.807, 2.05) is 19.9 Å². The fraction of sp³-hybridized carbons (Fsp3) is 0.647. The van der Waals surface area contributed by atoms with Crippen molar-refractivity contribution in [2.75, 3.05) is 19.6 Å². The number of hydrogen-bond acceptors (Lipinski definition) is 4. The lowest BCUT2D eigenvalue weighted by Gasteiger charge is -2.32. The van der Waals surface area contributed by atoms with Gasteiger partial charge in [0.2, 0.25) is 0 Å². The molecule has 5 nitrogen and oxygen atoms in total. The summed E-state index contributed by atoms with van der Waals surface area (Å²) >= 11 is 1.53. The van der Waals surface area contributed by atoms with Gasteiger partial charge in [0, 0.05) is 25.7 Å². The second-order valence-corrected chi connectivity index (χ2v) is 7.54. The molecular weight excluding hydrogens is 310 g/mol. The van der Waals surface area contributed by atoms with E-state index in [1.54, 1.807) is 6.92 Å². The van der Waals surface area contributed by atoms with Crippen molar-refractivity contribution < 1.29 is 9.59 Å². The number of thiophene rings is 1. The zero-order valence-electron chi connectivity index (χ0n) is 14.2. The van der Waals surface area contributed by atoms with Crippen LogP contribution >= 0.6 is 11.3 Å². The lowest BCUT2D eigenvalue weighted by molar-refractivity contribution is 0.102. The number of hydrogen-bond donors (Lipinski definition) is 2. The number of likely N-dealkylation sites (tertiary alicyclic amines) is 1. The first kappa shape index (κ1) is 17.9. The number of carbonyl (C=O) groups is 2. The highest BCUT2D eigenvalue weighted by Gasteiger charge is 2.21. The van der Waals surface area contributed by atoms with Crippen LogP contribution in [-0.2, 0) is 6.54 Å². The number of nitrogens with zero attached hydrogens (tertiary/aromatic N) is 1. The molecule has 0 saturated carbocycles. The molecule has 0 spiro atoms. The molecule has 6 heteroatoms. The molecule has 2 amide bonds.